The lowest BCUT2D eigenvalue weighted by Crippen LogP contribution is -2.35. The molecule has 1 amide bonds. The Kier molecular flexibility index (Phi) is 5.14. The number of amides is 1. The van der Waals surface area contributed by atoms with Crippen LogP contribution in [0.25, 0.3) is 11.4 Å². The first-order valence-electron chi connectivity index (χ1n) is 10.3. The van der Waals surface area contributed by atoms with Crippen LogP contribution in [0.5, 0.6) is 0 Å². The Morgan fingerprint density at radius 2 is 1.50 bits per heavy atom. The number of para-hydroxylation sites is 2. The molecular formula is C24H22N6OS. The van der Waals surface area contributed by atoms with Crippen molar-refractivity contribution in [2.45, 2.75) is 22.8 Å². The summed E-state index contributed by atoms with van der Waals surface area (Å²) in [6.45, 7) is 1.80. The van der Waals surface area contributed by atoms with Gasteiger partial charge in [-0.15, -0.1) is 10.2 Å². The number of benzene rings is 3. The molecule has 1 unspecified atom stereocenters. The predicted molar refractivity (Wildman–Crippen MR) is 126 cm³/mol. The molecule has 0 radical (unpaired) electrons. The summed E-state index contributed by atoms with van der Waals surface area (Å²) in [5.41, 5.74) is 3.68. The summed E-state index contributed by atoms with van der Waals surface area (Å²) in [6, 6.07) is 23.2. The molecule has 1 aliphatic rings. The van der Waals surface area contributed by atoms with Gasteiger partial charge in [0.1, 0.15) is 6.04 Å². The highest BCUT2D eigenvalue weighted by molar-refractivity contribution is 7.99. The molecule has 0 fully saturated rings. The van der Waals surface area contributed by atoms with Crippen LogP contribution in [0.3, 0.4) is 0 Å². The number of tetrazole rings is 1. The number of nitrogens with zero attached hydrogens (tertiary/aromatic N) is 6. The molecule has 1 aromatic heterocycles. The van der Waals surface area contributed by atoms with E-state index in [1.54, 1.807) is 23.6 Å². The lowest BCUT2D eigenvalue weighted by molar-refractivity contribution is -0.121. The second-order valence-corrected chi connectivity index (χ2v) is 8.85. The van der Waals surface area contributed by atoms with Gasteiger partial charge in [0.2, 0.25) is 5.82 Å². The van der Waals surface area contributed by atoms with Gasteiger partial charge in [-0.2, -0.15) is 4.80 Å². The highest BCUT2D eigenvalue weighted by atomic mass is 32.2. The Morgan fingerprint density at radius 1 is 0.906 bits per heavy atom. The number of hydrogen-bond donors (Lipinski definition) is 0. The summed E-state index contributed by atoms with van der Waals surface area (Å²) >= 11 is 1.67. The van der Waals surface area contributed by atoms with E-state index >= 15 is 0 Å². The zero-order chi connectivity index (χ0) is 22.2. The number of rotatable bonds is 4. The SMILES string of the molecule is CC(C(=O)N1c2ccccc2Sc2ccccc21)n1nnc(-c2ccc(N(C)C)cc2)n1. The summed E-state index contributed by atoms with van der Waals surface area (Å²) in [6.07, 6.45) is 0. The van der Waals surface area contributed by atoms with Crippen LogP contribution in [0.15, 0.2) is 82.6 Å². The number of carbonyl (C=O) groups is 1. The van der Waals surface area contributed by atoms with Crippen molar-refractivity contribution in [2.75, 3.05) is 23.9 Å². The fraction of sp³-hybridized carbons (Fsp3) is 0.167. The van der Waals surface area contributed by atoms with Crippen molar-refractivity contribution < 1.29 is 4.79 Å². The van der Waals surface area contributed by atoms with Crippen molar-refractivity contribution in [2.24, 2.45) is 0 Å². The lowest BCUT2D eigenvalue weighted by Gasteiger charge is -2.32. The summed E-state index contributed by atoms with van der Waals surface area (Å²) in [5.74, 6) is 0.377. The molecule has 5 rings (SSSR count). The molecule has 160 valence electrons. The fourth-order valence-electron chi connectivity index (χ4n) is 3.64. The summed E-state index contributed by atoms with van der Waals surface area (Å²) in [4.78, 5) is 20.9. The third kappa shape index (κ3) is 3.52. The number of hydrogen-bond acceptors (Lipinski definition) is 6. The molecule has 1 atom stereocenters. The van der Waals surface area contributed by atoms with E-state index in [4.69, 9.17) is 0 Å². The van der Waals surface area contributed by atoms with Gasteiger partial charge in [0.25, 0.3) is 5.91 Å². The van der Waals surface area contributed by atoms with E-state index in [1.807, 2.05) is 91.8 Å². The largest absolute Gasteiger partial charge is 0.378 e. The van der Waals surface area contributed by atoms with Crippen LogP contribution in [0.4, 0.5) is 17.1 Å². The molecular weight excluding hydrogens is 420 g/mol. The molecule has 0 bridgehead atoms. The molecule has 0 saturated carbocycles. The van der Waals surface area contributed by atoms with Crippen LogP contribution in [-0.2, 0) is 4.79 Å². The van der Waals surface area contributed by atoms with E-state index < -0.39 is 6.04 Å². The third-order valence-corrected chi connectivity index (χ3v) is 6.56. The van der Waals surface area contributed by atoms with Gasteiger partial charge in [0, 0.05) is 35.1 Å². The molecule has 8 heteroatoms. The van der Waals surface area contributed by atoms with Gasteiger partial charge in [-0.25, -0.2) is 0 Å². The number of carbonyl (C=O) groups excluding carboxylic acids is 1. The number of aromatic nitrogens is 4. The van der Waals surface area contributed by atoms with Crippen molar-refractivity contribution in [1.82, 2.24) is 20.2 Å². The minimum atomic E-state index is -0.624. The summed E-state index contributed by atoms with van der Waals surface area (Å²) in [7, 11) is 3.98. The first-order valence-corrected chi connectivity index (χ1v) is 11.1. The topological polar surface area (TPSA) is 67.2 Å². The fourth-order valence-corrected chi connectivity index (χ4v) is 4.70. The molecule has 0 aliphatic carbocycles. The van der Waals surface area contributed by atoms with Crippen LogP contribution >= 0.6 is 11.8 Å². The Bertz CT molecular complexity index is 1240. The van der Waals surface area contributed by atoms with E-state index in [2.05, 4.69) is 15.4 Å². The van der Waals surface area contributed by atoms with Crippen molar-refractivity contribution >= 4 is 34.7 Å². The Balaban J connectivity index is 1.46. The predicted octanol–water partition coefficient (Wildman–Crippen LogP) is 4.80. The molecule has 4 aromatic rings. The van der Waals surface area contributed by atoms with Gasteiger partial charge in [0.15, 0.2) is 0 Å². The zero-order valence-electron chi connectivity index (χ0n) is 18.0. The molecule has 0 saturated heterocycles. The van der Waals surface area contributed by atoms with Gasteiger partial charge in [-0.3, -0.25) is 9.69 Å². The second-order valence-electron chi connectivity index (χ2n) is 7.76. The highest BCUT2D eigenvalue weighted by Crippen LogP contribution is 2.48. The van der Waals surface area contributed by atoms with Gasteiger partial charge in [-0.05, 0) is 60.7 Å². The van der Waals surface area contributed by atoms with Crippen LogP contribution in [0.2, 0.25) is 0 Å². The van der Waals surface area contributed by atoms with E-state index in [0.717, 1.165) is 32.4 Å². The monoisotopic (exact) mass is 442 g/mol. The molecule has 2 heterocycles. The molecule has 7 nitrogen and oxygen atoms in total. The van der Waals surface area contributed by atoms with Crippen molar-refractivity contribution in [3.8, 4) is 11.4 Å². The first-order chi connectivity index (χ1) is 15.5. The van der Waals surface area contributed by atoms with E-state index in [9.17, 15) is 4.79 Å². The van der Waals surface area contributed by atoms with Crippen molar-refractivity contribution in [1.29, 1.82) is 0 Å². The smallest absolute Gasteiger partial charge is 0.258 e. The minimum absolute atomic E-state index is 0.114. The van der Waals surface area contributed by atoms with E-state index in [-0.39, 0.29) is 5.91 Å². The second kappa shape index (κ2) is 8.12. The Morgan fingerprint density at radius 3 is 2.09 bits per heavy atom. The number of fused-ring (bicyclic) bond motifs is 2. The molecule has 1 aliphatic heterocycles. The van der Waals surface area contributed by atoms with E-state index in [0.29, 0.717) is 5.82 Å². The van der Waals surface area contributed by atoms with Crippen LogP contribution in [-0.4, -0.2) is 40.2 Å². The van der Waals surface area contributed by atoms with Gasteiger partial charge in [0.05, 0.1) is 11.4 Å². The minimum Gasteiger partial charge on any atom is -0.378 e. The maximum Gasteiger partial charge on any atom is 0.258 e. The normalized spacial score (nSPS) is 13.3. The highest BCUT2D eigenvalue weighted by Gasteiger charge is 2.32. The molecule has 0 spiro atoms. The zero-order valence-corrected chi connectivity index (χ0v) is 18.8. The standard InChI is InChI=1S/C24H22N6OS/c1-16(30-26-23(25-27-30)17-12-14-18(15-13-17)28(2)3)24(31)29-19-8-4-6-10-21(19)32-22-11-7-5-9-20(22)29/h4-16H,1-3H3. The molecule has 0 N–H and O–H groups in total. The van der Waals surface area contributed by atoms with Crippen molar-refractivity contribution in [3.05, 3.63) is 72.8 Å². The van der Waals surface area contributed by atoms with Crippen LogP contribution < -0.4 is 9.80 Å². The lowest BCUT2D eigenvalue weighted by atomic mass is 10.2. The summed E-state index contributed by atoms with van der Waals surface area (Å²) < 4.78 is 0. The van der Waals surface area contributed by atoms with Gasteiger partial charge >= 0.3 is 0 Å². The third-order valence-electron chi connectivity index (χ3n) is 5.43. The molecule has 32 heavy (non-hydrogen) atoms. The first kappa shape index (κ1) is 20.3. The van der Waals surface area contributed by atoms with Gasteiger partial charge in [-0.1, -0.05) is 36.0 Å². The van der Waals surface area contributed by atoms with Crippen LogP contribution in [0.1, 0.15) is 13.0 Å². The maximum absolute atomic E-state index is 13.7. The molecule has 3 aromatic carbocycles. The quantitative estimate of drug-likeness (QED) is 0.452. The summed E-state index contributed by atoms with van der Waals surface area (Å²) in [5, 5.41) is 12.9. The van der Waals surface area contributed by atoms with Crippen molar-refractivity contribution in [3.63, 3.8) is 0 Å². The number of anilines is 3. The Labute approximate surface area is 190 Å². The van der Waals surface area contributed by atoms with Gasteiger partial charge < -0.3 is 4.90 Å². The van der Waals surface area contributed by atoms with Crippen LogP contribution in [0, 0.1) is 0 Å². The average molecular weight is 443 g/mol. The average Bonchev–Trinajstić information content (AvgIpc) is 3.32. The van der Waals surface area contributed by atoms with E-state index in [1.165, 1.54) is 4.80 Å². The Hall–Kier alpha value is -3.65. The maximum atomic E-state index is 13.7.